The molecule has 1 fully saturated rings. The average Bonchev–Trinajstić information content (AvgIpc) is 3.10. The molecule has 3 rings (SSSR count). The van der Waals surface area contributed by atoms with Gasteiger partial charge >= 0.3 is 6.01 Å². The smallest absolute Gasteiger partial charge is 0.316 e. The maximum atomic E-state index is 12.7. The number of nitrogens with zero attached hydrogens (tertiary/aromatic N) is 6. The third-order valence-corrected chi connectivity index (χ3v) is 3.12. The summed E-state index contributed by atoms with van der Waals surface area (Å²) in [6.45, 7) is 0.970. The molecule has 0 N–H and O–H groups in total. The van der Waals surface area contributed by atoms with Gasteiger partial charge in [0.1, 0.15) is 6.10 Å². The number of carbonyl (C=O) groups is 1. The molecule has 2 aromatic heterocycles. The van der Waals surface area contributed by atoms with E-state index in [1.165, 1.54) is 4.68 Å². The number of aromatic nitrogens is 5. The molecule has 8 nitrogen and oxygen atoms in total. The molecule has 1 amide bonds. The molecule has 0 aromatic carbocycles. The van der Waals surface area contributed by atoms with Crippen LogP contribution < -0.4 is 4.74 Å². The molecule has 1 aliphatic heterocycles. The van der Waals surface area contributed by atoms with Crippen molar-refractivity contribution in [3.8, 4) is 6.01 Å². The van der Waals surface area contributed by atoms with Crippen molar-refractivity contribution >= 4 is 5.91 Å². The highest BCUT2D eigenvalue weighted by Crippen LogP contribution is 2.16. The number of aryl methyl sites for hydroxylation is 1. The molecule has 0 unspecified atom stereocenters. The monoisotopic (exact) mass is 292 g/mol. The van der Waals surface area contributed by atoms with Gasteiger partial charge in [-0.25, -0.2) is 14.4 Å². The van der Waals surface area contributed by atoms with E-state index in [2.05, 4.69) is 20.3 Å². The molecule has 3 heterocycles. The molecule has 2 aromatic rings. The van der Waals surface area contributed by atoms with Crippen LogP contribution in [0.2, 0.25) is 0 Å². The first-order chi connectivity index (χ1) is 10.1. The number of amides is 1. The van der Waals surface area contributed by atoms with E-state index in [1.54, 1.807) is 18.1 Å². The van der Waals surface area contributed by atoms with Crippen molar-refractivity contribution in [2.24, 2.45) is 7.05 Å². The van der Waals surface area contributed by atoms with Crippen LogP contribution in [0, 0.1) is 5.82 Å². The molecule has 21 heavy (non-hydrogen) atoms. The summed E-state index contributed by atoms with van der Waals surface area (Å²) in [5, 5.41) is 7.53. The van der Waals surface area contributed by atoms with Gasteiger partial charge in [-0.3, -0.25) is 9.48 Å². The number of halogens is 1. The maximum Gasteiger partial charge on any atom is 0.316 e. The predicted molar refractivity (Wildman–Crippen MR) is 67.9 cm³/mol. The molecule has 110 valence electrons. The average molecular weight is 292 g/mol. The first-order valence-corrected chi connectivity index (χ1v) is 6.41. The lowest BCUT2D eigenvalue weighted by Crippen LogP contribution is -2.31. The van der Waals surface area contributed by atoms with E-state index < -0.39 is 5.82 Å². The number of hydrogen-bond donors (Lipinski definition) is 0. The number of rotatable bonds is 3. The Bertz CT molecular complexity index is 643. The summed E-state index contributed by atoms with van der Waals surface area (Å²) in [5.41, 5.74) is 0.302. The van der Waals surface area contributed by atoms with Crippen LogP contribution in [0.15, 0.2) is 18.6 Å². The lowest BCUT2D eigenvalue weighted by atomic mass is 10.3. The van der Waals surface area contributed by atoms with Crippen LogP contribution in [0.3, 0.4) is 0 Å². The van der Waals surface area contributed by atoms with E-state index in [0.29, 0.717) is 25.2 Å². The van der Waals surface area contributed by atoms with Crippen LogP contribution in [0.4, 0.5) is 4.39 Å². The van der Waals surface area contributed by atoms with Crippen molar-refractivity contribution in [1.29, 1.82) is 0 Å². The van der Waals surface area contributed by atoms with Gasteiger partial charge in [-0.15, -0.1) is 5.10 Å². The van der Waals surface area contributed by atoms with Crippen molar-refractivity contribution in [3.05, 3.63) is 30.1 Å². The topological polar surface area (TPSA) is 86.0 Å². The minimum atomic E-state index is -0.520. The van der Waals surface area contributed by atoms with Gasteiger partial charge < -0.3 is 9.64 Å². The normalized spacial score (nSPS) is 18.0. The Morgan fingerprint density at radius 1 is 1.43 bits per heavy atom. The SMILES string of the molecule is Cn1cc(C(=O)N2CC[C@@H](Oc3ncc(F)cn3)C2)nn1. The largest absolute Gasteiger partial charge is 0.458 e. The second-order valence-corrected chi connectivity index (χ2v) is 4.74. The predicted octanol–water partition coefficient (Wildman–Crippen LogP) is 0.0377. The first-order valence-electron chi connectivity index (χ1n) is 6.41. The number of carbonyl (C=O) groups excluding carboxylic acids is 1. The fourth-order valence-corrected chi connectivity index (χ4v) is 2.13. The third-order valence-electron chi connectivity index (χ3n) is 3.12. The Morgan fingerprint density at radius 3 is 2.86 bits per heavy atom. The van der Waals surface area contributed by atoms with Crippen molar-refractivity contribution in [2.45, 2.75) is 12.5 Å². The minimum absolute atomic E-state index is 0.107. The minimum Gasteiger partial charge on any atom is -0.458 e. The van der Waals surface area contributed by atoms with Crippen molar-refractivity contribution in [3.63, 3.8) is 0 Å². The van der Waals surface area contributed by atoms with Crippen LogP contribution in [0.1, 0.15) is 16.9 Å². The summed E-state index contributed by atoms with van der Waals surface area (Å²) in [6, 6.07) is 0.107. The van der Waals surface area contributed by atoms with Crippen LogP contribution >= 0.6 is 0 Å². The van der Waals surface area contributed by atoms with E-state index in [1.807, 2.05) is 0 Å². The molecule has 1 saturated heterocycles. The lowest BCUT2D eigenvalue weighted by molar-refractivity contribution is 0.0763. The summed E-state index contributed by atoms with van der Waals surface area (Å²) in [5.74, 6) is -0.706. The molecule has 1 atom stereocenters. The Hall–Kier alpha value is -2.58. The molecular weight excluding hydrogens is 279 g/mol. The Balaban J connectivity index is 1.60. The van der Waals surface area contributed by atoms with Gasteiger partial charge in [-0.05, 0) is 0 Å². The van der Waals surface area contributed by atoms with E-state index in [4.69, 9.17) is 4.74 Å². The number of ether oxygens (including phenoxy) is 1. The molecule has 0 spiro atoms. The van der Waals surface area contributed by atoms with Gasteiger partial charge in [-0.1, -0.05) is 5.21 Å². The van der Waals surface area contributed by atoms with Gasteiger partial charge in [0.15, 0.2) is 11.5 Å². The molecule has 0 saturated carbocycles. The van der Waals surface area contributed by atoms with Gasteiger partial charge in [0.2, 0.25) is 0 Å². The first kappa shape index (κ1) is 13.4. The summed E-state index contributed by atoms with van der Waals surface area (Å²) in [4.78, 5) is 21.3. The van der Waals surface area contributed by atoms with E-state index in [9.17, 15) is 9.18 Å². The summed E-state index contributed by atoms with van der Waals surface area (Å²) >= 11 is 0. The van der Waals surface area contributed by atoms with Crippen molar-refractivity contribution in [1.82, 2.24) is 29.9 Å². The Morgan fingerprint density at radius 2 is 2.19 bits per heavy atom. The fraction of sp³-hybridized carbons (Fsp3) is 0.417. The number of likely N-dealkylation sites (tertiary alicyclic amines) is 1. The zero-order chi connectivity index (χ0) is 14.8. The molecule has 0 bridgehead atoms. The Labute approximate surface area is 119 Å². The lowest BCUT2D eigenvalue weighted by Gasteiger charge is -2.15. The van der Waals surface area contributed by atoms with Gasteiger partial charge in [0, 0.05) is 20.0 Å². The quantitative estimate of drug-likeness (QED) is 0.794. The molecule has 9 heteroatoms. The molecule has 1 aliphatic rings. The van der Waals surface area contributed by atoms with Crippen LogP contribution in [0.25, 0.3) is 0 Å². The van der Waals surface area contributed by atoms with Crippen LogP contribution in [0.5, 0.6) is 6.01 Å². The van der Waals surface area contributed by atoms with Crippen molar-refractivity contribution in [2.75, 3.05) is 13.1 Å². The van der Waals surface area contributed by atoms with Gasteiger partial charge in [-0.2, -0.15) is 0 Å². The molecule has 0 aliphatic carbocycles. The van der Waals surface area contributed by atoms with E-state index >= 15 is 0 Å². The highest BCUT2D eigenvalue weighted by Gasteiger charge is 2.30. The zero-order valence-electron chi connectivity index (χ0n) is 11.3. The second-order valence-electron chi connectivity index (χ2n) is 4.74. The summed E-state index contributed by atoms with van der Waals surface area (Å²) in [6.07, 6.45) is 4.10. The van der Waals surface area contributed by atoms with Crippen molar-refractivity contribution < 1.29 is 13.9 Å². The molecule has 0 radical (unpaired) electrons. The van der Waals surface area contributed by atoms with E-state index in [0.717, 1.165) is 12.4 Å². The zero-order valence-corrected chi connectivity index (χ0v) is 11.3. The number of hydrogen-bond acceptors (Lipinski definition) is 6. The summed E-state index contributed by atoms with van der Waals surface area (Å²) in [7, 11) is 1.70. The van der Waals surface area contributed by atoms with E-state index in [-0.39, 0.29) is 18.0 Å². The van der Waals surface area contributed by atoms with Crippen LogP contribution in [-0.4, -0.2) is 55.0 Å². The standard InChI is InChI=1S/C12H13FN6O2/c1-18-7-10(16-17-18)11(20)19-3-2-9(6-19)21-12-14-4-8(13)5-15-12/h4-5,7,9H,2-3,6H2,1H3/t9-/m1/s1. The fourth-order valence-electron chi connectivity index (χ4n) is 2.13. The van der Waals surface area contributed by atoms with Gasteiger partial charge in [0.25, 0.3) is 5.91 Å². The third kappa shape index (κ3) is 2.96. The Kier molecular flexibility index (Phi) is 3.46. The molecular formula is C12H13FN6O2. The highest BCUT2D eigenvalue weighted by molar-refractivity contribution is 5.92. The second kappa shape index (κ2) is 5.43. The van der Waals surface area contributed by atoms with Gasteiger partial charge in [0.05, 0.1) is 25.1 Å². The summed E-state index contributed by atoms with van der Waals surface area (Å²) < 4.78 is 19.7. The highest BCUT2D eigenvalue weighted by atomic mass is 19.1. The maximum absolute atomic E-state index is 12.7. The van der Waals surface area contributed by atoms with Crippen LogP contribution in [-0.2, 0) is 7.05 Å².